The topological polar surface area (TPSA) is 35.6 Å². The van der Waals surface area contributed by atoms with Crippen LogP contribution in [0.25, 0.3) is 0 Å². The molecule has 0 fully saturated rings. The van der Waals surface area contributed by atoms with Gasteiger partial charge < -0.3 is 4.57 Å². The van der Waals surface area contributed by atoms with Crippen LogP contribution in [0.3, 0.4) is 0 Å². The summed E-state index contributed by atoms with van der Waals surface area (Å²) in [5, 5.41) is 4.80. The third kappa shape index (κ3) is 3.28. The van der Waals surface area contributed by atoms with E-state index in [1.807, 2.05) is 12.5 Å². The van der Waals surface area contributed by atoms with Crippen molar-refractivity contribution in [1.29, 1.82) is 0 Å². The fourth-order valence-corrected chi connectivity index (χ4v) is 3.33. The first kappa shape index (κ1) is 16.5. The number of aromatic nitrogens is 4. The zero-order chi connectivity index (χ0) is 16.9. The fourth-order valence-electron chi connectivity index (χ4n) is 3.33. The number of rotatable bonds is 7. The van der Waals surface area contributed by atoms with Gasteiger partial charge in [-0.1, -0.05) is 44.2 Å². The van der Waals surface area contributed by atoms with E-state index < -0.39 is 0 Å². The summed E-state index contributed by atoms with van der Waals surface area (Å²) < 4.78 is 4.41. The van der Waals surface area contributed by atoms with Crippen LogP contribution in [0.5, 0.6) is 0 Å². The van der Waals surface area contributed by atoms with Crippen LogP contribution in [0.15, 0.2) is 42.9 Å². The Bertz CT molecular complexity index is 783. The zero-order valence-electron chi connectivity index (χ0n) is 14.9. The van der Waals surface area contributed by atoms with E-state index in [2.05, 4.69) is 65.3 Å². The first-order valence-electron chi connectivity index (χ1n) is 8.87. The van der Waals surface area contributed by atoms with Gasteiger partial charge in [0.05, 0.1) is 12.0 Å². The number of hydrogen-bond donors (Lipinski definition) is 0. The highest BCUT2D eigenvalue weighted by Crippen LogP contribution is 2.21. The molecule has 1 aromatic carbocycles. The molecule has 0 bridgehead atoms. The van der Waals surface area contributed by atoms with E-state index in [9.17, 15) is 0 Å². The molecular weight excluding hydrogens is 296 g/mol. The molecule has 0 radical (unpaired) electrons. The van der Waals surface area contributed by atoms with Gasteiger partial charge in [-0.15, -0.1) is 0 Å². The second kappa shape index (κ2) is 7.47. The molecule has 0 spiro atoms. The summed E-state index contributed by atoms with van der Waals surface area (Å²) >= 11 is 0. The first-order valence-corrected chi connectivity index (χ1v) is 8.87. The van der Waals surface area contributed by atoms with E-state index in [0.717, 1.165) is 32.4 Å². The van der Waals surface area contributed by atoms with E-state index in [4.69, 9.17) is 5.10 Å². The summed E-state index contributed by atoms with van der Waals surface area (Å²) in [6, 6.07) is 10.5. The number of benzene rings is 1. The van der Waals surface area contributed by atoms with E-state index in [1.165, 1.54) is 28.2 Å². The molecule has 0 amide bonds. The number of nitrogens with zero attached hydrogens (tertiary/aromatic N) is 4. The van der Waals surface area contributed by atoms with Gasteiger partial charge in [0.2, 0.25) is 0 Å². The highest BCUT2D eigenvalue weighted by Gasteiger charge is 2.16. The smallest absolute Gasteiger partial charge is 0.0951 e. The third-order valence-electron chi connectivity index (χ3n) is 4.57. The lowest BCUT2D eigenvalue weighted by atomic mass is 10.0. The van der Waals surface area contributed by atoms with Gasteiger partial charge >= 0.3 is 0 Å². The Morgan fingerprint density at radius 2 is 1.79 bits per heavy atom. The van der Waals surface area contributed by atoms with Crippen molar-refractivity contribution in [2.45, 2.75) is 53.1 Å². The van der Waals surface area contributed by atoms with Crippen LogP contribution in [-0.4, -0.2) is 19.3 Å². The molecule has 0 N–H and O–H groups in total. The molecule has 0 unspecified atom stereocenters. The highest BCUT2D eigenvalue weighted by atomic mass is 15.3. The van der Waals surface area contributed by atoms with E-state index in [-0.39, 0.29) is 0 Å². The van der Waals surface area contributed by atoms with Crippen LogP contribution in [0.2, 0.25) is 0 Å². The van der Waals surface area contributed by atoms with Crippen LogP contribution in [0.4, 0.5) is 0 Å². The van der Waals surface area contributed by atoms with Crippen LogP contribution >= 0.6 is 0 Å². The Balaban J connectivity index is 1.90. The third-order valence-corrected chi connectivity index (χ3v) is 4.57. The van der Waals surface area contributed by atoms with E-state index >= 15 is 0 Å². The van der Waals surface area contributed by atoms with Crippen molar-refractivity contribution >= 4 is 0 Å². The van der Waals surface area contributed by atoms with E-state index in [0.29, 0.717) is 0 Å². The molecular formula is C20H26N4. The van der Waals surface area contributed by atoms with Crippen molar-refractivity contribution in [2.24, 2.45) is 0 Å². The van der Waals surface area contributed by atoms with Gasteiger partial charge in [-0.3, -0.25) is 4.68 Å². The minimum absolute atomic E-state index is 0.862. The molecule has 4 heteroatoms. The number of hydrogen-bond acceptors (Lipinski definition) is 2. The van der Waals surface area contributed by atoms with Gasteiger partial charge in [-0.25, -0.2) is 4.98 Å². The Labute approximate surface area is 144 Å². The molecule has 0 saturated heterocycles. The van der Waals surface area contributed by atoms with Gasteiger partial charge in [-0.2, -0.15) is 5.10 Å². The lowest BCUT2D eigenvalue weighted by Gasteiger charge is -2.10. The molecule has 3 rings (SSSR count). The normalized spacial score (nSPS) is 11.1. The Morgan fingerprint density at radius 3 is 2.46 bits per heavy atom. The Hall–Kier alpha value is -2.36. The Morgan fingerprint density at radius 1 is 1.00 bits per heavy atom. The van der Waals surface area contributed by atoms with E-state index in [1.54, 1.807) is 0 Å². The molecule has 0 aliphatic rings. The Kier molecular flexibility index (Phi) is 5.14. The van der Waals surface area contributed by atoms with Crippen molar-refractivity contribution in [3.8, 4) is 0 Å². The summed E-state index contributed by atoms with van der Waals surface area (Å²) in [6.45, 7) is 8.36. The molecule has 24 heavy (non-hydrogen) atoms. The quantitative estimate of drug-likeness (QED) is 0.662. The summed E-state index contributed by atoms with van der Waals surface area (Å²) in [4.78, 5) is 4.39. The maximum Gasteiger partial charge on any atom is 0.0951 e. The average molecular weight is 322 g/mol. The molecule has 2 heterocycles. The van der Waals surface area contributed by atoms with Crippen molar-refractivity contribution in [2.75, 3.05) is 0 Å². The van der Waals surface area contributed by atoms with Crippen molar-refractivity contribution in [1.82, 2.24) is 19.3 Å². The monoisotopic (exact) mass is 322 g/mol. The van der Waals surface area contributed by atoms with Crippen molar-refractivity contribution in [3.63, 3.8) is 0 Å². The molecule has 4 nitrogen and oxygen atoms in total. The van der Waals surface area contributed by atoms with Crippen LogP contribution in [-0.2, 0) is 32.4 Å². The van der Waals surface area contributed by atoms with Crippen LogP contribution in [0.1, 0.15) is 49.0 Å². The standard InChI is InChI=1S/C20H26N4/c1-4-19-18(20(5-2)24(6-3)22-19)12-17-13-21-15-23(17)14-16-10-8-7-9-11-16/h7-11,13,15H,4-6,12,14H2,1-3H3. The molecule has 0 atom stereocenters. The SMILES string of the molecule is CCc1nn(CC)c(CC)c1Cc1cncn1Cc1ccccc1. The summed E-state index contributed by atoms with van der Waals surface area (Å²) in [6.07, 6.45) is 6.82. The molecule has 0 aliphatic heterocycles. The van der Waals surface area contributed by atoms with Crippen LogP contribution < -0.4 is 0 Å². The second-order valence-electron chi connectivity index (χ2n) is 6.07. The van der Waals surface area contributed by atoms with Gasteiger partial charge in [0.15, 0.2) is 0 Å². The van der Waals surface area contributed by atoms with Gasteiger partial charge in [0.25, 0.3) is 0 Å². The molecule has 0 aliphatic carbocycles. The lowest BCUT2D eigenvalue weighted by Crippen LogP contribution is -2.07. The summed E-state index contributed by atoms with van der Waals surface area (Å²) in [7, 11) is 0. The number of aryl methyl sites for hydroxylation is 2. The second-order valence-corrected chi connectivity index (χ2v) is 6.07. The predicted molar refractivity (Wildman–Crippen MR) is 97.2 cm³/mol. The minimum Gasteiger partial charge on any atom is -0.330 e. The average Bonchev–Trinajstić information content (AvgIpc) is 3.20. The molecule has 126 valence electrons. The minimum atomic E-state index is 0.862. The number of imidazole rings is 1. The predicted octanol–water partition coefficient (Wildman–Crippen LogP) is 3.86. The summed E-state index contributed by atoms with van der Waals surface area (Å²) in [5.74, 6) is 0. The fraction of sp³-hybridized carbons (Fsp3) is 0.400. The highest BCUT2D eigenvalue weighted by molar-refractivity contribution is 5.31. The first-order chi connectivity index (χ1) is 11.8. The zero-order valence-corrected chi connectivity index (χ0v) is 14.9. The van der Waals surface area contributed by atoms with Gasteiger partial charge in [0.1, 0.15) is 0 Å². The molecule has 3 aromatic rings. The summed E-state index contributed by atoms with van der Waals surface area (Å²) in [5.41, 5.74) is 6.52. The molecule has 2 aromatic heterocycles. The molecule has 0 saturated carbocycles. The lowest BCUT2D eigenvalue weighted by molar-refractivity contribution is 0.617. The van der Waals surface area contributed by atoms with Gasteiger partial charge in [0, 0.05) is 42.7 Å². The van der Waals surface area contributed by atoms with Crippen LogP contribution in [0, 0.1) is 0 Å². The van der Waals surface area contributed by atoms with Crippen molar-refractivity contribution < 1.29 is 0 Å². The maximum absolute atomic E-state index is 4.80. The van der Waals surface area contributed by atoms with Crippen molar-refractivity contribution in [3.05, 3.63) is 71.1 Å². The maximum atomic E-state index is 4.80. The largest absolute Gasteiger partial charge is 0.330 e. The van der Waals surface area contributed by atoms with Gasteiger partial charge in [-0.05, 0) is 25.3 Å².